The number of esters is 1. The van der Waals surface area contributed by atoms with Crippen molar-refractivity contribution in [2.45, 2.75) is 31.6 Å². The molecule has 0 saturated carbocycles. The largest absolute Gasteiger partial charge is 0.466 e. The van der Waals surface area contributed by atoms with E-state index in [9.17, 15) is 4.79 Å². The Morgan fingerprint density at radius 2 is 2.33 bits per heavy atom. The third-order valence-corrected chi connectivity index (χ3v) is 1.84. The van der Waals surface area contributed by atoms with Crippen LogP contribution in [-0.2, 0) is 9.53 Å². The molecule has 0 aromatic rings. The number of hydrogen-bond donors (Lipinski definition) is 0. The van der Waals surface area contributed by atoms with E-state index in [1.807, 2.05) is 0 Å². The fraction of sp³-hybridized carbons (Fsp3) is 0.667. The Labute approximate surface area is 78.5 Å². The Kier molecular flexibility index (Phi) is 6.87. The molecule has 0 aliphatic rings. The molecular weight excluding hydrogens is 176 g/mol. The monoisotopic (exact) mass is 190 g/mol. The fourth-order valence-corrected chi connectivity index (χ4v) is 0.973. The smallest absolute Gasteiger partial charge is 0.330 e. The molecule has 70 valence electrons. The molecule has 0 fully saturated rings. The Balaban J connectivity index is 3.59. The van der Waals surface area contributed by atoms with E-state index in [-0.39, 0.29) is 11.3 Å². The lowest BCUT2D eigenvalue weighted by Gasteiger charge is -2.00. The van der Waals surface area contributed by atoms with Crippen molar-refractivity contribution < 1.29 is 9.53 Å². The highest BCUT2D eigenvalue weighted by Crippen LogP contribution is 2.08. The van der Waals surface area contributed by atoms with E-state index < -0.39 is 0 Å². The van der Waals surface area contributed by atoms with Crippen molar-refractivity contribution in [3.8, 4) is 0 Å². The zero-order chi connectivity index (χ0) is 9.40. The molecule has 0 N–H and O–H groups in total. The normalized spacial score (nSPS) is 13.2. The number of hydrogen-bond acceptors (Lipinski definition) is 2. The topological polar surface area (TPSA) is 26.3 Å². The van der Waals surface area contributed by atoms with E-state index in [1.54, 1.807) is 6.08 Å². The van der Waals surface area contributed by atoms with Gasteiger partial charge in [0.1, 0.15) is 0 Å². The van der Waals surface area contributed by atoms with Gasteiger partial charge in [-0.3, -0.25) is 0 Å². The molecule has 1 atom stereocenters. The van der Waals surface area contributed by atoms with Crippen molar-refractivity contribution >= 4 is 17.6 Å². The molecule has 3 heteroatoms. The summed E-state index contributed by atoms with van der Waals surface area (Å²) in [5.74, 6) is -0.350. The summed E-state index contributed by atoms with van der Waals surface area (Å²) in [4.78, 5) is 10.6. The predicted molar refractivity (Wildman–Crippen MR) is 50.3 cm³/mol. The molecule has 0 radical (unpaired) electrons. The second-order valence-corrected chi connectivity index (χ2v) is 3.10. The van der Waals surface area contributed by atoms with Crippen LogP contribution in [0.15, 0.2) is 12.2 Å². The molecule has 1 unspecified atom stereocenters. The summed E-state index contributed by atoms with van der Waals surface area (Å²) in [5.41, 5.74) is 0. The van der Waals surface area contributed by atoms with Crippen LogP contribution in [0.25, 0.3) is 0 Å². The summed E-state index contributed by atoms with van der Waals surface area (Å²) in [6.45, 7) is 2.10. The molecule has 0 aromatic carbocycles. The summed E-state index contributed by atoms with van der Waals surface area (Å²) < 4.78 is 4.42. The van der Waals surface area contributed by atoms with Gasteiger partial charge in [-0.1, -0.05) is 25.8 Å². The van der Waals surface area contributed by atoms with Crippen molar-refractivity contribution in [2.75, 3.05) is 7.11 Å². The van der Waals surface area contributed by atoms with Gasteiger partial charge in [0.2, 0.25) is 0 Å². The molecule has 0 aliphatic carbocycles. The molecule has 0 saturated heterocycles. The van der Waals surface area contributed by atoms with Gasteiger partial charge in [-0.05, 0) is 6.42 Å². The first kappa shape index (κ1) is 11.5. The van der Waals surface area contributed by atoms with Crippen molar-refractivity contribution in [1.29, 1.82) is 0 Å². The summed E-state index contributed by atoms with van der Waals surface area (Å²) in [6.07, 6.45) is 6.15. The second-order valence-electron chi connectivity index (χ2n) is 2.54. The highest BCUT2D eigenvalue weighted by molar-refractivity contribution is 6.21. The maximum atomic E-state index is 10.6. The fourth-order valence-electron chi connectivity index (χ4n) is 0.746. The van der Waals surface area contributed by atoms with Gasteiger partial charge < -0.3 is 4.74 Å². The van der Waals surface area contributed by atoms with Crippen molar-refractivity contribution in [2.24, 2.45) is 0 Å². The molecule has 0 bridgehead atoms. The minimum atomic E-state index is -0.350. The third-order valence-electron chi connectivity index (χ3n) is 1.48. The van der Waals surface area contributed by atoms with Crippen LogP contribution in [-0.4, -0.2) is 18.5 Å². The summed E-state index contributed by atoms with van der Waals surface area (Å²) >= 11 is 5.87. The first-order valence-corrected chi connectivity index (χ1v) is 4.54. The van der Waals surface area contributed by atoms with Crippen LogP contribution in [0.3, 0.4) is 0 Å². The number of ether oxygens (including phenoxy) is 1. The lowest BCUT2D eigenvalue weighted by molar-refractivity contribution is -0.134. The van der Waals surface area contributed by atoms with E-state index in [1.165, 1.54) is 13.2 Å². The average Bonchev–Trinajstić information content (AvgIpc) is 2.10. The molecule has 0 aromatic heterocycles. The minimum Gasteiger partial charge on any atom is -0.466 e. The van der Waals surface area contributed by atoms with Crippen LogP contribution in [0.5, 0.6) is 0 Å². The highest BCUT2D eigenvalue weighted by Gasteiger charge is 1.99. The van der Waals surface area contributed by atoms with Crippen LogP contribution in [0, 0.1) is 0 Å². The maximum Gasteiger partial charge on any atom is 0.330 e. The van der Waals surface area contributed by atoms with Crippen LogP contribution < -0.4 is 0 Å². The third kappa shape index (κ3) is 6.23. The Bertz CT molecular complexity index is 155. The lowest BCUT2D eigenvalue weighted by atomic mass is 10.2. The molecule has 0 rings (SSSR count). The number of carbonyl (C=O) groups excluding carboxylic acids is 1. The summed E-state index contributed by atoms with van der Waals surface area (Å²) in [7, 11) is 1.35. The van der Waals surface area contributed by atoms with Crippen LogP contribution in [0.2, 0.25) is 0 Å². The van der Waals surface area contributed by atoms with Gasteiger partial charge in [-0.25, -0.2) is 4.79 Å². The van der Waals surface area contributed by atoms with Crippen LogP contribution in [0.4, 0.5) is 0 Å². The zero-order valence-corrected chi connectivity index (χ0v) is 8.30. The number of rotatable bonds is 5. The van der Waals surface area contributed by atoms with Crippen molar-refractivity contribution in [3.05, 3.63) is 12.2 Å². The molecule has 12 heavy (non-hydrogen) atoms. The van der Waals surface area contributed by atoms with Gasteiger partial charge >= 0.3 is 5.97 Å². The summed E-state index contributed by atoms with van der Waals surface area (Å²) in [5, 5.41) is -0.0518. The number of allylic oxidation sites excluding steroid dienone is 1. The molecule has 2 nitrogen and oxygen atoms in total. The van der Waals surface area contributed by atoms with E-state index >= 15 is 0 Å². The van der Waals surface area contributed by atoms with Crippen LogP contribution >= 0.6 is 11.6 Å². The predicted octanol–water partition coefficient (Wildman–Crippen LogP) is 2.51. The maximum absolute atomic E-state index is 10.6. The van der Waals surface area contributed by atoms with Gasteiger partial charge in [0.05, 0.1) is 12.5 Å². The Morgan fingerprint density at radius 3 is 2.83 bits per heavy atom. The lowest BCUT2D eigenvalue weighted by Crippen LogP contribution is -1.98. The first-order valence-electron chi connectivity index (χ1n) is 4.11. The van der Waals surface area contributed by atoms with Crippen LogP contribution in [0.1, 0.15) is 26.2 Å². The number of halogens is 1. The SMILES string of the molecule is CCCCC(Cl)/C=C/C(=O)OC. The quantitative estimate of drug-likeness (QED) is 0.378. The molecule has 0 spiro atoms. The van der Waals surface area contributed by atoms with Gasteiger partial charge in [0.15, 0.2) is 0 Å². The van der Waals surface area contributed by atoms with Crippen molar-refractivity contribution in [3.63, 3.8) is 0 Å². The molecular formula is C9H15ClO2. The second kappa shape index (κ2) is 7.17. The minimum absolute atomic E-state index is 0.0518. The zero-order valence-electron chi connectivity index (χ0n) is 7.55. The number of carbonyl (C=O) groups is 1. The number of unbranched alkanes of at least 4 members (excludes halogenated alkanes) is 1. The van der Waals surface area contributed by atoms with Gasteiger partial charge in [0.25, 0.3) is 0 Å². The van der Waals surface area contributed by atoms with Gasteiger partial charge in [-0.2, -0.15) is 0 Å². The number of alkyl halides is 1. The van der Waals surface area contributed by atoms with E-state index in [0.717, 1.165) is 19.3 Å². The molecule has 0 aliphatic heterocycles. The van der Waals surface area contributed by atoms with Crippen molar-refractivity contribution in [1.82, 2.24) is 0 Å². The highest BCUT2D eigenvalue weighted by atomic mass is 35.5. The Hall–Kier alpha value is -0.500. The van der Waals surface area contributed by atoms with Gasteiger partial charge in [0, 0.05) is 6.08 Å². The molecule has 0 heterocycles. The van der Waals surface area contributed by atoms with E-state index in [0.29, 0.717) is 0 Å². The van der Waals surface area contributed by atoms with Gasteiger partial charge in [-0.15, -0.1) is 11.6 Å². The van der Waals surface area contributed by atoms with E-state index in [2.05, 4.69) is 11.7 Å². The standard InChI is InChI=1S/C9H15ClO2/c1-3-4-5-8(10)6-7-9(11)12-2/h6-8H,3-5H2,1-2H3/b7-6+. The Morgan fingerprint density at radius 1 is 1.67 bits per heavy atom. The van der Waals surface area contributed by atoms with E-state index in [4.69, 9.17) is 11.6 Å². The molecule has 0 amide bonds. The number of methoxy groups -OCH3 is 1. The first-order chi connectivity index (χ1) is 5.70. The average molecular weight is 191 g/mol. The summed E-state index contributed by atoms with van der Waals surface area (Å²) in [6, 6.07) is 0.